The molecule has 0 aliphatic heterocycles. The maximum absolute atomic E-state index is 12.1. The summed E-state index contributed by atoms with van der Waals surface area (Å²) >= 11 is 0. The highest BCUT2D eigenvalue weighted by Gasteiger charge is 2.19. The molecule has 1 aromatic carbocycles. The second-order valence-electron chi connectivity index (χ2n) is 4.20. The summed E-state index contributed by atoms with van der Waals surface area (Å²) in [4.78, 5) is 14.1. The molecule has 1 aromatic rings. The van der Waals surface area contributed by atoms with Crippen LogP contribution in [0.5, 0.6) is 0 Å². The van der Waals surface area contributed by atoms with Gasteiger partial charge in [-0.15, -0.1) is 0 Å². The van der Waals surface area contributed by atoms with Gasteiger partial charge in [0.15, 0.2) is 5.78 Å². The van der Waals surface area contributed by atoms with Crippen LogP contribution < -0.4 is 0 Å². The van der Waals surface area contributed by atoms with E-state index < -0.39 is 0 Å². The molecule has 0 aliphatic rings. The third kappa shape index (κ3) is 3.76. The molecule has 3 heteroatoms. The van der Waals surface area contributed by atoms with Gasteiger partial charge in [-0.2, -0.15) is 0 Å². The van der Waals surface area contributed by atoms with Crippen molar-refractivity contribution < 1.29 is 9.90 Å². The van der Waals surface area contributed by atoms with E-state index in [1.165, 1.54) is 0 Å². The number of hydrogen-bond donors (Lipinski definition) is 1. The Bertz CT molecular complexity index is 322. The summed E-state index contributed by atoms with van der Waals surface area (Å²) in [5.74, 6) is -0.00856. The van der Waals surface area contributed by atoms with Crippen LogP contribution in [0.3, 0.4) is 0 Å². The van der Waals surface area contributed by atoms with Crippen molar-refractivity contribution in [1.29, 1.82) is 0 Å². The molecule has 88 valence electrons. The molecule has 1 unspecified atom stereocenters. The van der Waals surface area contributed by atoms with Gasteiger partial charge in [-0.05, 0) is 20.5 Å². The molecule has 0 saturated heterocycles. The zero-order valence-corrected chi connectivity index (χ0v) is 9.89. The van der Waals surface area contributed by atoms with E-state index in [0.717, 1.165) is 5.56 Å². The second kappa shape index (κ2) is 6.40. The zero-order chi connectivity index (χ0) is 12.0. The van der Waals surface area contributed by atoms with Crippen LogP contribution in [0.15, 0.2) is 30.3 Å². The fourth-order valence-electron chi connectivity index (χ4n) is 1.74. The SMILES string of the molecule is CN(C)CC(CCO)C(=O)c1ccccc1. The highest BCUT2D eigenvalue weighted by atomic mass is 16.3. The Hall–Kier alpha value is -1.19. The van der Waals surface area contributed by atoms with Gasteiger partial charge in [0.1, 0.15) is 0 Å². The number of carbonyl (C=O) groups excluding carboxylic acids is 1. The average molecular weight is 221 g/mol. The minimum absolute atomic E-state index is 0.0527. The highest BCUT2D eigenvalue weighted by Crippen LogP contribution is 2.13. The number of benzene rings is 1. The molecular weight excluding hydrogens is 202 g/mol. The van der Waals surface area contributed by atoms with Gasteiger partial charge >= 0.3 is 0 Å². The number of aliphatic hydroxyl groups excluding tert-OH is 1. The minimum atomic E-state index is -0.123. The quantitative estimate of drug-likeness (QED) is 0.739. The van der Waals surface area contributed by atoms with E-state index in [1.807, 2.05) is 49.3 Å². The molecule has 0 aromatic heterocycles. The lowest BCUT2D eigenvalue weighted by Crippen LogP contribution is -2.28. The van der Waals surface area contributed by atoms with Crippen LogP contribution in [0.2, 0.25) is 0 Å². The standard InChI is InChI=1S/C13H19NO2/c1-14(2)10-12(8-9-15)13(16)11-6-4-3-5-7-11/h3-7,12,15H,8-10H2,1-2H3. The molecule has 3 nitrogen and oxygen atoms in total. The maximum atomic E-state index is 12.1. The number of nitrogens with zero attached hydrogens (tertiary/aromatic N) is 1. The predicted octanol–water partition coefficient (Wildman–Crippen LogP) is 1.43. The van der Waals surface area contributed by atoms with Gasteiger partial charge in [0.2, 0.25) is 0 Å². The average Bonchev–Trinajstić information content (AvgIpc) is 2.28. The molecule has 0 amide bonds. The van der Waals surface area contributed by atoms with E-state index in [9.17, 15) is 4.79 Å². The van der Waals surface area contributed by atoms with Gasteiger partial charge < -0.3 is 10.0 Å². The van der Waals surface area contributed by atoms with Gasteiger partial charge in [-0.3, -0.25) is 4.79 Å². The molecule has 0 radical (unpaired) electrons. The monoisotopic (exact) mass is 221 g/mol. The Balaban J connectivity index is 2.74. The molecule has 0 saturated carbocycles. The van der Waals surface area contributed by atoms with Crippen molar-refractivity contribution in [3.05, 3.63) is 35.9 Å². The lowest BCUT2D eigenvalue weighted by Gasteiger charge is -2.19. The first-order valence-corrected chi connectivity index (χ1v) is 5.50. The predicted molar refractivity (Wildman–Crippen MR) is 64.5 cm³/mol. The third-order valence-corrected chi connectivity index (χ3v) is 2.49. The van der Waals surface area contributed by atoms with Crippen molar-refractivity contribution >= 4 is 5.78 Å². The van der Waals surface area contributed by atoms with Crippen LogP contribution in [0.4, 0.5) is 0 Å². The Morgan fingerprint density at radius 3 is 2.44 bits per heavy atom. The molecule has 16 heavy (non-hydrogen) atoms. The Kier molecular flexibility index (Phi) is 5.15. The third-order valence-electron chi connectivity index (χ3n) is 2.49. The topological polar surface area (TPSA) is 40.5 Å². The molecule has 0 bridgehead atoms. The summed E-state index contributed by atoms with van der Waals surface area (Å²) in [5, 5.41) is 8.97. The van der Waals surface area contributed by atoms with Gasteiger partial charge in [-0.1, -0.05) is 30.3 Å². The maximum Gasteiger partial charge on any atom is 0.167 e. The van der Waals surface area contributed by atoms with Gasteiger partial charge in [0.25, 0.3) is 0 Å². The summed E-state index contributed by atoms with van der Waals surface area (Å²) in [6.07, 6.45) is 0.520. The van der Waals surface area contributed by atoms with Gasteiger partial charge in [-0.25, -0.2) is 0 Å². The fourth-order valence-corrected chi connectivity index (χ4v) is 1.74. The molecule has 1 N–H and O–H groups in total. The number of carbonyl (C=O) groups is 1. The first kappa shape index (κ1) is 12.9. The molecular formula is C13H19NO2. The normalized spacial score (nSPS) is 12.8. The van der Waals surface area contributed by atoms with Crippen molar-refractivity contribution in [2.75, 3.05) is 27.2 Å². The Morgan fingerprint density at radius 1 is 1.31 bits per heavy atom. The molecule has 1 rings (SSSR count). The lowest BCUT2D eigenvalue weighted by atomic mass is 9.94. The van der Waals surface area contributed by atoms with E-state index in [4.69, 9.17) is 5.11 Å². The van der Waals surface area contributed by atoms with Gasteiger partial charge in [0.05, 0.1) is 0 Å². The van der Waals surface area contributed by atoms with Crippen LogP contribution in [0, 0.1) is 5.92 Å². The van der Waals surface area contributed by atoms with E-state index in [-0.39, 0.29) is 18.3 Å². The highest BCUT2D eigenvalue weighted by molar-refractivity contribution is 5.97. The summed E-state index contributed by atoms with van der Waals surface area (Å²) in [7, 11) is 3.87. The molecule has 1 atom stereocenters. The minimum Gasteiger partial charge on any atom is -0.396 e. The van der Waals surface area contributed by atoms with Crippen LogP contribution >= 0.6 is 0 Å². The molecule has 0 fully saturated rings. The smallest absolute Gasteiger partial charge is 0.167 e. The van der Waals surface area contributed by atoms with Crippen molar-refractivity contribution in [2.45, 2.75) is 6.42 Å². The zero-order valence-electron chi connectivity index (χ0n) is 9.89. The van der Waals surface area contributed by atoms with E-state index in [2.05, 4.69) is 0 Å². The number of hydrogen-bond acceptors (Lipinski definition) is 3. The van der Waals surface area contributed by atoms with Crippen LogP contribution in [0.1, 0.15) is 16.8 Å². The lowest BCUT2D eigenvalue weighted by molar-refractivity contribution is 0.0868. The number of Topliss-reactive ketones (excluding diaryl/α,β-unsaturated/α-hetero) is 1. The van der Waals surface area contributed by atoms with Crippen LogP contribution in [-0.2, 0) is 0 Å². The van der Waals surface area contributed by atoms with Crippen molar-refractivity contribution in [3.63, 3.8) is 0 Å². The van der Waals surface area contributed by atoms with E-state index in [1.54, 1.807) is 0 Å². The van der Waals surface area contributed by atoms with Gasteiger partial charge in [0, 0.05) is 24.6 Å². The Morgan fingerprint density at radius 2 is 1.94 bits per heavy atom. The number of rotatable bonds is 6. The van der Waals surface area contributed by atoms with E-state index in [0.29, 0.717) is 13.0 Å². The molecule has 0 spiro atoms. The largest absolute Gasteiger partial charge is 0.396 e. The van der Waals surface area contributed by atoms with Crippen LogP contribution in [0.25, 0.3) is 0 Å². The van der Waals surface area contributed by atoms with Crippen molar-refractivity contribution in [1.82, 2.24) is 4.90 Å². The first-order valence-electron chi connectivity index (χ1n) is 5.50. The fraction of sp³-hybridized carbons (Fsp3) is 0.462. The summed E-state index contributed by atoms with van der Waals surface area (Å²) < 4.78 is 0. The molecule has 0 aliphatic carbocycles. The van der Waals surface area contributed by atoms with Crippen molar-refractivity contribution in [2.24, 2.45) is 5.92 Å². The summed E-state index contributed by atoms with van der Waals surface area (Å²) in [6, 6.07) is 9.26. The van der Waals surface area contributed by atoms with Crippen LogP contribution in [-0.4, -0.2) is 43.0 Å². The van der Waals surface area contributed by atoms with Crippen molar-refractivity contribution in [3.8, 4) is 0 Å². The molecule has 0 heterocycles. The summed E-state index contributed by atoms with van der Waals surface area (Å²) in [6.45, 7) is 0.728. The number of aliphatic hydroxyl groups is 1. The second-order valence-corrected chi connectivity index (χ2v) is 4.20. The Labute approximate surface area is 96.7 Å². The number of ketones is 1. The summed E-state index contributed by atoms with van der Waals surface area (Å²) in [5.41, 5.74) is 0.725. The first-order chi connectivity index (χ1) is 7.65. The van der Waals surface area contributed by atoms with E-state index >= 15 is 0 Å².